The highest BCUT2D eigenvalue weighted by Crippen LogP contribution is 2.41. The zero-order valence-electron chi connectivity index (χ0n) is 15.1. The molecule has 0 bridgehead atoms. The minimum absolute atomic E-state index is 0.0198. The number of esters is 1. The summed E-state index contributed by atoms with van der Waals surface area (Å²) in [5, 5.41) is 10.4. The van der Waals surface area contributed by atoms with Gasteiger partial charge in [-0.1, -0.05) is 20.8 Å². The van der Waals surface area contributed by atoms with Gasteiger partial charge in [-0.2, -0.15) is 0 Å². The molecule has 0 unspecified atom stereocenters. The van der Waals surface area contributed by atoms with Gasteiger partial charge in [-0.05, 0) is 50.4 Å². The molecule has 23 heavy (non-hydrogen) atoms. The molecule has 6 heteroatoms. The van der Waals surface area contributed by atoms with E-state index in [1.54, 1.807) is 6.92 Å². The topological polar surface area (TPSA) is 72.8 Å². The summed E-state index contributed by atoms with van der Waals surface area (Å²) in [6.07, 6.45) is 2.91. The number of carbonyl (C=O) groups is 2. The molecule has 0 aromatic heterocycles. The van der Waals surface area contributed by atoms with E-state index < -0.39 is 32.1 Å². The summed E-state index contributed by atoms with van der Waals surface area (Å²) in [5.74, 6) is -1.66. The summed E-state index contributed by atoms with van der Waals surface area (Å²) in [4.78, 5) is 23.6. The Morgan fingerprint density at radius 2 is 2.00 bits per heavy atom. The van der Waals surface area contributed by atoms with E-state index in [2.05, 4.69) is 33.9 Å². The van der Waals surface area contributed by atoms with Gasteiger partial charge >= 0.3 is 5.97 Å². The van der Waals surface area contributed by atoms with Crippen LogP contribution >= 0.6 is 0 Å². The van der Waals surface area contributed by atoms with Crippen molar-refractivity contribution in [1.82, 2.24) is 0 Å². The van der Waals surface area contributed by atoms with Crippen LogP contribution in [0.3, 0.4) is 0 Å². The maximum atomic E-state index is 12.0. The van der Waals surface area contributed by atoms with Gasteiger partial charge in [-0.15, -0.1) is 0 Å². The van der Waals surface area contributed by atoms with E-state index in [1.807, 2.05) is 6.08 Å². The van der Waals surface area contributed by atoms with E-state index in [-0.39, 0.29) is 11.6 Å². The first kappa shape index (κ1) is 19.9. The molecule has 0 amide bonds. The van der Waals surface area contributed by atoms with Crippen molar-refractivity contribution in [2.75, 3.05) is 6.61 Å². The minimum atomic E-state index is -2.06. The number of hydrogen-bond donors (Lipinski definition) is 1. The third-order valence-electron chi connectivity index (χ3n) is 4.74. The van der Waals surface area contributed by atoms with Crippen LogP contribution in [0.25, 0.3) is 0 Å². The third-order valence-corrected chi connectivity index (χ3v) is 9.09. The number of aliphatic hydroxyl groups excluding tert-OH is 1. The molecule has 2 atom stereocenters. The van der Waals surface area contributed by atoms with Gasteiger partial charge in [-0.25, -0.2) is 4.79 Å². The van der Waals surface area contributed by atoms with Crippen molar-refractivity contribution in [2.45, 2.75) is 71.2 Å². The smallest absolute Gasteiger partial charge is 0.377 e. The van der Waals surface area contributed by atoms with Gasteiger partial charge in [0, 0.05) is 5.92 Å². The average molecular weight is 343 g/mol. The van der Waals surface area contributed by atoms with Crippen molar-refractivity contribution >= 4 is 20.1 Å². The predicted molar refractivity (Wildman–Crippen MR) is 91.4 cm³/mol. The van der Waals surface area contributed by atoms with Gasteiger partial charge in [0.2, 0.25) is 8.32 Å². The highest BCUT2D eigenvalue weighted by atomic mass is 28.4. The normalized spacial score (nSPS) is 20.5. The molecule has 0 aromatic rings. The number of carbonyl (C=O) groups excluding carboxylic acids is 2. The molecule has 0 saturated heterocycles. The highest BCUT2D eigenvalue weighted by molar-refractivity contribution is 6.74. The predicted octanol–water partition coefficient (Wildman–Crippen LogP) is 3.19. The van der Waals surface area contributed by atoms with Gasteiger partial charge in [-0.3, -0.25) is 4.79 Å². The number of aliphatic hydroxyl groups is 1. The molecule has 1 aliphatic carbocycles. The van der Waals surface area contributed by atoms with Crippen LogP contribution in [0.2, 0.25) is 18.1 Å². The van der Waals surface area contributed by atoms with E-state index >= 15 is 0 Å². The molecule has 1 rings (SSSR count). The third kappa shape index (κ3) is 4.91. The van der Waals surface area contributed by atoms with E-state index in [1.165, 1.54) is 0 Å². The van der Waals surface area contributed by atoms with Crippen LogP contribution in [0.4, 0.5) is 0 Å². The van der Waals surface area contributed by atoms with Gasteiger partial charge in [0.1, 0.15) is 6.10 Å². The average Bonchev–Trinajstić information content (AvgIpc) is 2.45. The summed E-state index contributed by atoms with van der Waals surface area (Å²) in [5.41, 5.74) is 0. The van der Waals surface area contributed by atoms with E-state index in [4.69, 9.17) is 9.16 Å². The first-order chi connectivity index (χ1) is 10.5. The highest BCUT2D eigenvalue weighted by Gasteiger charge is 2.43. The van der Waals surface area contributed by atoms with E-state index in [9.17, 15) is 14.7 Å². The molecule has 0 fully saturated rings. The van der Waals surface area contributed by atoms with Gasteiger partial charge in [0.15, 0.2) is 0 Å². The van der Waals surface area contributed by atoms with Crippen molar-refractivity contribution in [3.05, 3.63) is 11.8 Å². The lowest BCUT2D eigenvalue weighted by Gasteiger charge is -2.40. The molecule has 1 aliphatic rings. The monoisotopic (exact) mass is 342 g/mol. The first-order valence-corrected chi connectivity index (χ1v) is 11.2. The summed E-state index contributed by atoms with van der Waals surface area (Å²) in [6.45, 7) is 12.4. The Hall–Kier alpha value is -1.14. The number of ether oxygens (including phenoxy) is 1. The van der Waals surface area contributed by atoms with Crippen molar-refractivity contribution in [2.24, 2.45) is 5.92 Å². The molecule has 0 radical (unpaired) electrons. The van der Waals surface area contributed by atoms with Gasteiger partial charge < -0.3 is 14.3 Å². The van der Waals surface area contributed by atoms with Crippen LogP contribution in [-0.4, -0.2) is 37.9 Å². The second kappa shape index (κ2) is 7.62. The van der Waals surface area contributed by atoms with Crippen molar-refractivity contribution in [3.8, 4) is 0 Å². The summed E-state index contributed by atoms with van der Waals surface area (Å²) >= 11 is 0. The standard InChI is InChI=1S/C17H30O5Si/c1-7-21-16(20)15(19)14(18)12-10-8-9-11-13(12)22-23(5,6)17(2,3)4/h11-12,14,18H,7-10H2,1-6H3/t12-,14+/m0/s1. The fourth-order valence-corrected chi connectivity index (χ4v) is 3.39. The molecular formula is C17H30O5Si. The molecule has 0 saturated carbocycles. The van der Waals surface area contributed by atoms with Gasteiger partial charge in [0.25, 0.3) is 5.78 Å². The molecule has 5 nitrogen and oxygen atoms in total. The Morgan fingerprint density at radius 1 is 1.39 bits per heavy atom. The molecule has 0 aliphatic heterocycles. The summed E-state index contributed by atoms with van der Waals surface area (Å²) in [6, 6.07) is 0. The fourth-order valence-electron chi connectivity index (χ4n) is 2.26. The summed E-state index contributed by atoms with van der Waals surface area (Å²) < 4.78 is 11.0. The Morgan fingerprint density at radius 3 is 2.52 bits per heavy atom. The lowest BCUT2D eigenvalue weighted by atomic mass is 9.87. The molecular weight excluding hydrogens is 312 g/mol. The van der Waals surface area contributed by atoms with Crippen molar-refractivity contribution in [1.29, 1.82) is 0 Å². The van der Waals surface area contributed by atoms with Crippen LogP contribution < -0.4 is 0 Å². The fraction of sp³-hybridized carbons (Fsp3) is 0.765. The Balaban J connectivity index is 2.93. The van der Waals surface area contributed by atoms with E-state index in [0.717, 1.165) is 12.8 Å². The number of Topliss-reactive ketones (excluding diaryl/α,β-unsaturated/α-hetero) is 1. The molecule has 132 valence electrons. The Labute approximate surface area is 140 Å². The van der Waals surface area contributed by atoms with E-state index in [0.29, 0.717) is 12.2 Å². The molecule has 0 heterocycles. The van der Waals surface area contributed by atoms with Crippen LogP contribution in [0.1, 0.15) is 47.0 Å². The van der Waals surface area contributed by atoms with Crippen LogP contribution in [0.5, 0.6) is 0 Å². The SMILES string of the molecule is CCOC(=O)C(=O)[C@H](O)[C@H]1CCCC=C1O[Si](C)(C)C(C)(C)C. The zero-order chi connectivity index (χ0) is 17.8. The molecule has 1 N–H and O–H groups in total. The largest absolute Gasteiger partial charge is 0.546 e. The summed E-state index contributed by atoms with van der Waals surface area (Å²) in [7, 11) is -2.06. The lowest BCUT2D eigenvalue weighted by molar-refractivity contribution is -0.158. The second-order valence-corrected chi connectivity index (χ2v) is 12.3. The number of allylic oxidation sites excluding steroid dienone is 1. The zero-order valence-corrected chi connectivity index (χ0v) is 16.1. The quantitative estimate of drug-likeness (QED) is 0.456. The van der Waals surface area contributed by atoms with Crippen molar-refractivity contribution in [3.63, 3.8) is 0 Å². The van der Waals surface area contributed by atoms with Crippen LogP contribution in [0, 0.1) is 5.92 Å². The molecule has 0 spiro atoms. The maximum Gasteiger partial charge on any atom is 0.377 e. The lowest BCUT2D eigenvalue weighted by Crippen LogP contribution is -2.44. The Bertz CT molecular complexity index is 476. The number of ketones is 1. The number of hydrogen-bond acceptors (Lipinski definition) is 5. The maximum absolute atomic E-state index is 12.0. The minimum Gasteiger partial charge on any atom is -0.546 e. The first-order valence-electron chi connectivity index (χ1n) is 8.29. The second-order valence-electron chi connectivity index (χ2n) is 7.54. The van der Waals surface area contributed by atoms with Gasteiger partial charge in [0.05, 0.1) is 12.4 Å². The van der Waals surface area contributed by atoms with Crippen LogP contribution in [0.15, 0.2) is 11.8 Å². The number of rotatable bonds is 6. The van der Waals surface area contributed by atoms with Crippen molar-refractivity contribution < 1.29 is 23.9 Å². The molecule has 0 aromatic carbocycles. The van der Waals surface area contributed by atoms with Crippen LogP contribution in [-0.2, 0) is 18.8 Å². The Kier molecular flexibility index (Phi) is 6.59.